The summed E-state index contributed by atoms with van der Waals surface area (Å²) in [5.41, 5.74) is 4.95. The molecule has 4 nitrogen and oxygen atoms in total. The average molecular weight is 216 g/mol. The number of hydrogen-bond donors (Lipinski definition) is 2. The fraction of sp³-hybridized carbons (Fsp3) is 0.909. The molecule has 0 aliphatic heterocycles. The van der Waals surface area contributed by atoms with Crippen molar-refractivity contribution in [2.45, 2.75) is 46.3 Å². The Kier molecular flexibility index (Phi) is 5.83. The third kappa shape index (κ3) is 6.47. The molecule has 0 amide bonds. The average Bonchev–Trinajstić information content (AvgIpc) is 2.00. The van der Waals surface area contributed by atoms with Crippen molar-refractivity contribution in [3.8, 4) is 0 Å². The minimum atomic E-state index is -0.436. The van der Waals surface area contributed by atoms with Gasteiger partial charge in [-0.25, -0.2) is 0 Å². The first-order chi connectivity index (χ1) is 6.78. The van der Waals surface area contributed by atoms with Crippen LogP contribution in [-0.4, -0.2) is 30.7 Å². The molecule has 1 atom stereocenters. The third-order valence-corrected chi connectivity index (χ3v) is 1.84. The second-order valence-electron chi connectivity index (χ2n) is 5.00. The lowest BCUT2D eigenvalue weighted by Crippen LogP contribution is -2.46. The van der Waals surface area contributed by atoms with Crippen molar-refractivity contribution in [3.63, 3.8) is 0 Å². The van der Waals surface area contributed by atoms with Gasteiger partial charge in [-0.1, -0.05) is 13.8 Å². The number of nitrogens with two attached hydrogens (primary N) is 1. The van der Waals surface area contributed by atoms with Gasteiger partial charge in [0, 0.05) is 13.1 Å². The standard InChI is InChI=1S/C11H24N2O2/c1-8(2)9(13-7-6-12)10(14)15-11(3,4)5/h8-9,13H,6-7,12H2,1-5H3. The van der Waals surface area contributed by atoms with Crippen LogP contribution in [0.25, 0.3) is 0 Å². The van der Waals surface area contributed by atoms with Crippen LogP contribution in [0.5, 0.6) is 0 Å². The zero-order chi connectivity index (χ0) is 12.1. The van der Waals surface area contributed by atoms with Crippen molar-refractivity contribution in [1.82, 2.24) is 5.32 Å². The highest BCUT2D eigenvalue weighted by molar-refractivity contribution is 5.76. The second-order valence-corrected chi connectivity index (χ2v) is 5.00. The molecule has 4 heteroatoms. The number of hydrogen-bond acceptors (Lipinski definition) is 4. The summed E-state index contributed by atoms with van der Waals surface area (Å²) in [5, 5.41) is 3.09. The molecule has 0 aromatic carbocycles. The summed E-state index contributed by atoms with van der Waals surface area (Å²) in [6.45, 7) is 10.7. The van der Waals surface area contributed by atoms with Crippen LogP contribution >= 0.6 is 0 Å². The van der Waals surface area contributed by atoms with Crippen LogP contribution in [0.15, 0.2) is 0 Å². The van der Waals surface area contributed by atoms with E-state index in [2.05, 4.69) is 5.32 Å². The van der Waals surface area contributed by atoms with Gasteiger partial charge in [-0.3, -0.25) is 4.79 Å². The van der Waals surface area contributed by atoms with Crippen molar-refractivity contribution < 1.29 is 9.53 Å². The summed E-state index contributed by atoms with van der Waals surface area (Å²) in [6, 6.07) is -0.271. The van der Waals surface area contributed by atoms with E-state index in [0.717, 1.165) is 0 Å². The van der Waals surface area contributed by atoms with Crippen LogP contribution in [-0.2, 0) is 9.53 Å². The fourth-order valence-electron chi connectivity index (χ4n) is 1.20. The van der Waals surface area contributed by atoms with Crippen LogP contribution in [0.4, 0.5) is 0 Å². The number of carbonyl (C=O) groups excluding carboxylic acids is 1. The maximum atomic E-state index is 11.8. The van der Waals surface area contributed by atoms with Crippen LogP contribution in [0.2, 0.25) is 0 Å². The molecule has 0 saturated carbocycles. The number of ether oxygens (including phenoxy) is 1. The Morgan fingerprint density at radius 1 is 1.40 bits per heavy atom. The highest BCUT2D eigenvalue weighted by Crippen LogP contribution is 2.11. The van der Waals surface area contributed by atoms with Crippen molar-refractivity contribution in [2.75, 3.05) is 13.1 Å². The molecule has 0 saturated heterocycles. The highest BCUT2D eigenvalue weighted by Gasteiger charge is 2.26. The van der Waals surface area contributed by atoms with Crippen molar-refractivity contribution >= 4 is 5.97 Å². The van der Waals surface area contributed by atoms with Gasteiger partial charge in [0.05, 0.1) is 0 Å². The first kappa shape index (κ1) is 14.4. The molecule has 0 rings (SSSR count). The van der Waals surface area contributed by atoms with Crippen molar-refractivity contribution in [1.29, 1.82) is 0 Å². The Bertz CT molecular complexity index is 197. The zero-order valence-corrected chi connectivity index (χ0v) is 10.5. The van der Waals surface area contributed by atoms with Crippen LogP contribution in [0.3, 0.4) is 0 Å². The second kappa shape index (κ2) is 6.08. The number of nitrogens with one attached hydrogen (secondary N) is 1. The zero-order valence-electron chi connectivity index (χ0n) is 10.5. The van der Waals surface area contributed by atoms with Gasteiger partial charge in [0.25, 0.3) is 0 Å². The molecule has 90 valence electrons. The SMILES string of the molecule is CC(C)C(NCCN)C(=O)OC(C)(C)C. The van der Waals surface area contributed by atoms with E-state index in [1.54, 1.807) is 0 Å². The van der Waals surface area contributed by atoms with E-state index < -0.39 is 5.60 Å². The molecule has 15 heavy (non-hydrogen) atoms. The van der Waals surface area contributed by atoms with E-state index in [1.165, 1.54) is 0 Å². The normalized spacial score (nSPS) is 14.1. The molecule has 3 N–H and O–H groups in total. The molecule has 0 bridgehead atoms. The fourth-order valence-corrected chi connectivity index (χ4v) is 1.20. The minimum Gasteiger partial charge on any atom is -0.459 e. The maximum absolute atomic E-state index is 11.8. The van der Waals surface area contributed by atoms with Gasteiger partial charge in [0.1, 0.15) is 11.6 Å². The molecule has 0 heterocycles. The van der Waals surface area contributed by atoms with Gasteiger partial charge in [-0.05, 0) is 26.7 Å². The lowest BCUT2D eigenvalue weighted by molar-refractivity contribution is -0.158. The molecule has 1 unspecified atom stereocenters. The predicted molar refractivity (Wildman–Crippen MR) is 61.5 cm³/mol. The van der Waals surface area contributed by atoms with Gasteiger partial charge in [-0.2, -0.15) is 0 Å². The number of rotatable bonds is 5. The third-order valence-electron chi connectivity index (χ3n) is 1.84. The van der Waals surface area contributed by atoms with Crippen LogP contribution < -0.4 is 11.1 Å². The molecular formula is C11H24N2O2. The molecule has 0 aliphatic carbocycles. The van der Waals surface area contributed by atoms with Gasteiger partial charge in [-0.15, -0.1) is 0 Å². The molecule has 0 aromatic rings. The van der Waals surface area contributed by atoms with E-state index in [4.69, 9.17) is 10.5 Å². The lowest BCUT2D eigenvalue weighted by Gasteiger charge is -2.26. The van der Waals surface area contributed by atoms with Gasteiger partial charge < -0.3 is 15.8 Å². The molecule has 0 aromatic heterocycles. The summed E-state index contributed by atoms with van der Waals surface area (Å²) in [4.78, 5) is 11.8. The molecule has 0 radical (unpaired) electrons. The highest BCUT2D eigenvalue weighted by atomic mass is 16.6. The topological polar surface area (TPSA) is 64.3 Å². The summed E-state index contributed by atoms with van der Waals surface area (Å²) >= 11 is 0. The summed E-state index contributed by atoms with van der Waals surface area (Å²) in [7, 11) is 0. The minimum absolute atomic E-state index is 0.200. The summed E-state index contributed by atoms with van der Waals surface area (Å²) in [5.74, 6) is -0.00245. The largest absolute Gasteiger partial charge is 0.459 e. The van der Waals surface area contributed by atoms with E-state index in [0.29, 0.717) is 13.1 Å². The van der Waals surface area contributed by atoms with Gasteiger partial charge in [0.15, 0.2) is 0 Å². The monoisotopic (exact) mass is 216 g/mol. The Balaban J connectivity index is 4.29. The molecular weight excluding hydrogens is 192 g/mol. The Morgan fingerprint density at radius 3 is 2.27 bits per heavy atom. The van der Waals surface area contributed by atoms with Crippen LogP contribution in [0.1, 0.15) is 34.6 Å². The van der Waals surface area contributed by atoms with Crippen molar-refractivity contribution in [3.05, 3.63) is 0 Å². The van der Waals surface area contributed by atoms with E-state index in [1.807, 2.05) is 34.6 Å². The van der Waals surface area contributed by atoms with E-state index in [-0.39, 0.29) is 17.9 Å². The van der Waals surface area contributed by atoms with Crippen LogP contribution in [0, 0.1) is 5.92 Å². The molecule has 0 aliphatic rings. The quantitative estimate of drug-likeness (QED) is 0.670. The smallest absolute Gasteiger partial charge is 0.323 e. The number of esters is 1. The first-order valence-corrected chi connectivity index (χ1v) is 5.44. The Hall–Kier alpha value is -0.610. The van der Waals surface area contributed by atoms with E-state index in [9.17, 15) is 4.79 Å². The van der Waals surface area contributed by atoms with Gasteiger partial charge in [0.2, 0.25) is 0 Å². The number of carbonyl (C=O) groups is 1. The van der Waals surface area contributed by atoms with Gasteiger partial charge >= 0.3 is 5.97 Å². The molecule has 0 spiro atoms. The lowest BCUT2D eigenvalue weighted by atomic mass is 10.0. The Labute approximate surface area is 92.6 Å². The summed E-state index contributed by atoms with van der Waals surface area (Å²) < 4.78 is 5.32. The summed E-state index contributed by atoms with van der Waals surface area (Å²) in [6.07, 6.45) is 0. The first-order valence-electron chi connectivity index (χ1n) is 5.44. The van der Waals surface area contributed by atoms with Crippen molar-refractivity contribution in [2.24, 2.45) is 11.7 Å². The Morgan fingerprint density at radius 2 is 1.93 bits per heavy atom. The molecule has 0 fully saturated rings. The van der Waals surface area contributed by atoms with E-state index >= 15 is 0 Å². The maximum Gasteiger partial charge on any atom is 0.323 e. The predicted octanol–water partition coefficient (Wildman–Crippen LogP) is 0.901.